The summed E-state index contributed by atoms with van der Waals surface area (Å²) in [6, 6.07) is 9.84. The largest absolute Gasteiger partial charge is 0.493 e. The van der Waals surface area contributed by atoms with Gasteiger partial charge in [-0.05, 0) is 18.9 Å². The van der Waals surface area contributed by atoms with E-state index in [-0.39, 0.29) is 11.9 Å². The second-order valence-electron chi connectivity index (χ2n) is 5.10. The fourth-order valence-electron chi connectivity index (χ4n) is 2.57. The Labute approximate surface area is 119 Å². The van der Waals surface area contributed by atoms with Gasteiger partial charge in [0.1, 0.15) is 11.2 Å². The molecule has 0 saturated carbocycles. The number of ether oxygens (including phenoxy) is 1. The van der Waals surface area contributed by atoms with Crippen LogP contribution in [0.3, 0.4) is 0 Å². The van der Waals surface area contributed by atoms with Gasteiger partial charge in [0, 0.05) is 12.0 Å². The minimum Gasteiger partial charge on any atom is -0.493 e. The number of nitriles is 1. The summed E-state index contributed by atoms with van der Waals surface area (Å²) in [5.41, 5.74) is 0.0684. The second kappa shape index (κ2) is 5.96. The van der Waals surface area contributed by atoms with Gasteiger partial charge < -0.3 is 10.1 Å². The second-order valence-corrected chi connectivity index (χ2v) is 5.10. The monoisotopic (exact) mass is 272 g/mol. The van der Waals surface area contributed by atoms with Crippen molar-refractivity contribution in [2.24, 2.45) is 5.41 Å². The van der Waals surface area contributed by atoms with Crippen LogP contribution in [0, 0.1) is 16.7 Å². The van der Waals surface area contributed by atoms with Gasteiger partial charge in [0.2, 0.25) is 5.91 Å². The summed E-state index contributed by atoms with van der Waals surface area (Å²) in [6.07, 6.45) is 1.78. The number of fused-ring (bicyclic) bond motifs is 1. The number of para-hydroxylation sites is 1. The van der Waals surface area contributed by atoms with Crippen molar-refractivity contribution in [3.8, 4) is 11.8 Å². The van der Waals surface area contributed by atoms with Crippen molar-refractivity contribution >= 4 is 5.91 Å². The maximum absolute atomic E-state index is 12.5. The lowest BCUT2D eigenvalue weighted by Gasteiger charge is -2.30. The Kier molecular flexibility index (Phi) is 4.29. The number of amides is 1. The van der Waals surface area contributed by atoms with Crippen LogP contribution in [0.1, 0.15) is 44.7 Å². The van der Waals surface area contributed by atoms with Crippen LogP contribution in [-0.2, 0) is 4.79 Å². The van der Waals surface area contributed by atoms with Gasteiger partial charge in [-0.3, -0.25) is 4.79 Å². The third-order valence-corrected chi connectivity index (χ3v) is 4.12. The Bertz CT molecular complexity index is 530. The first-order chi connectivity index (χ1) is 9.66. The van der Waals surface area contributed by atoms with Gasteiger partial charge in [-0.25, -0.2) is 0 Å². The van der Waals surface area contributed by atoms with E-state index in [4.69, 9.17) is 4.74 Å². The molecule has 1 aromatic rings. The van der Waals surface area contributed by atoms with E-state index in [1.54, 1.807) is 0 Å². The Morgan fingerprint density at radius 1 is 1.45 bits per heavy atom. The van der Waals surface area contributed by atoms with Crippen molar-refractivity contribution in [1.82, 2.24) is 5.32 Å². The molecule has 0 aromatic heterocycles. The predicted octanol–water partition coefficient (Wildman–Crippen LogP) is 2.96. The van der Waals surface area contributed by atoms with Crippen LogP contribution in [-0.4, -0.2) is 12.5 Å². The van der Waals surface area contributed by atoms with Crippen LogP contribution in [0.15, 0.2) is 24.3 Å². The van der Waals surface area contributed by atoms with Crippen LogP contribution < -0.4 is 10.1 Å². The molecule has 0 aliphatic carbocycles. The standard InChI is InChI=1S/C16H20N2O2/c1-3-16(4-2,11-17)15(19)18-13-9-10-20-14-8-6-5-7-12(13)14/h5-8,13H,3-4,9-10H2,1-2H3,(H,18,19). The first kappa shape index (κ1) is 14.4. The summed E-state index contributed by atoms with van der Waals surface area (Å²) < 4.78 is 5.58. The van der Waals surface area contributed by atoms with Crippen molar-refractivity contribution in [2.75, 3.05) is 6.61 Å². The third kappa shape index (κ3) is 2.49. The molecule has 1 amide bonds. The molecule has 1 aromatic carbocycles. The molecule has 2 rings (SSSR count). The lowest BCUT2D eigenvalue weighted by atomic mass is 9.82. The Balaban J connectivity index is 2.20. The molecule has 4 heteroatoms. The molecular weight excluding hydrogens is 252 g/mol. The lowest BCUT2D eigenvalue weighted by molar-refractivity contribution is -0.129. The molecule has 1 N–H and O–H groups in total. The maximum Gasteiger partial charge on any atom is 0.240 e. The highest BCUT2D eigenvalue weighted by Crippen LogP contribution is 2.33. The van der Waals surface area contributed by atoms with Crippen molar-refractivity contribution in [3.63, 3.8) is 0 Å². The molecular formula is C16H20N2O2. The number of carbonyl (C=O) groups excluding carboxylic acids is 1. The minimum absolute atomic E-state index is 0.0710. The van der Waals surface area contributed by atoms with Crippen molar-refractivity contribution < 1.29 is 9.53 Å². The zero-order valence-corrected chi connectivity index (χ0v) is 12.0. The normalized spacial score (nSPS) is 17.6. The summed E-state index contributed by atoms with van der Waals surface area (Å²) in [6.45, 7) is 4.34. The van der Waals surface area contributed by atoms with Gasteiger partial charge >= 0.3 is 0 Å². The molecule has 20 heavy (non-hydrogen) atoms. The van der Waals surface area contributed by atoms with Gasteiger partial charge in [-0.2, -0.15) is 5.26 Å². The zero-order chi connectivity index (χ0) is 14.6. The van der Waals surface area contributed by atoms with Crippen LogP contribution in [0.2, 0.25) is 0 Å². The van der Waals surface area contributed by atoms with Gasteiger partial charge in [0.25, 0.3) is 0 Å². The van der Waals surface area contributed by atoms with Gasteiger partial charge in [0.15, 0.2) is 0 Å². The van der Waals surface area contributed by atoms with Crippen molar-refractivity contribution in [1.29, 1.82) is 5.26 Å². The molecule has 0 saturated heterocycles. The van der Waals surface area contributed by atoms with Gasteiger partial charge in [-0.15, -0.1) is 0 Å². The highest BCUT2D eigenvalue weighted by Gasteiger charge is 2.37. The summed E-state index contributed by atoms with van der Waals surface area (Å²) >= 11 is 0. The molecule has 4 nitrogen and oxygen atoms in total. The fourth-order valence-corrected chi connectivity index (χ4v) is 2.57. The van der Waals surface area contributed by atoms with E-state index < -0.39 is 5.41 Å². The zero-order valence-electron chi connectivity index (χ0n) is 12.0. The first-order valence-electron chi connectivity index (χ1n) is 7.10. The molecule has 0 fully saturated rings. The van der Waals surface area contributed by atoms with E-state index in [0.717, 1.165) is 17.7 Å². The quantitative estimate of drug-likeness (QED) is 0.916. The molecule has 106 valence electrons. The molecule has 1 aliphatic rings. The Morgan fingerprint density at radius 3 is 2.80 bits per heavy atom. The topological polar surface area (TPSA) is 62.1 Å². The van der Waals surface area contributed by atoms with Gasteiger partial charge in [-0.1, -0.05) is 32.0 Å². The molecule has 1 aliphatic heterocycles. The SMILES string of the molecule is CCC(C#N)(CC)C(=O)NC1CCOc2ccccc21. The van der Waals surface area contributed by atoms with E-state index in [0.29, 0.717) is 19.4 Å². The summed E-state index contributed by atoms with van der Waals surface area (Å²) in [7, 11) is 0. The Hall–Kier alpha value is -2.02. The molecule has 1 atom stereocenters. The number of nitrogens with zero attached hydrogens (tertiary/aromatic N) is 1. The van der Waals surface area contributed by atoms with Crippen molar-refractivity contribution in [2.45, 2.75) is 39.2 Å². The van der Waals surface area contributed by atoms with Crippen LogP contribution in [0.5, 0.6) is 5.75 Å². The van der Waals surface area contributed by atoms with Crippen molar-refractivity contribution in [3.05, 3.63) is 29.8 Å². The number of hydrogen-bond donors (Lipinski definition) is 1. The molecule has 0 radical (unpaired) electrons. The van der Waals surface area contributed by atoms with Crippen LogP contribution >= 0.6 is 0 Å². The van der Waals surface area contributed by atoms with Crippen LogP contribution in [0.25, 0.3) is 0 Å². The number of rotatable bonds is 4. The predicted molar refractivity (Wildman–Crippen MR) is 76.1 cm³/mol. The summed E-state index contributed by atoms with van der Waals surface area (Å²) in [5, 5.41) is 12.4. The average Bonchev–Trinajstić information content (AvgIpc) is 2.50. The fraction of sp³-hybridized carbons (Fsp3) is 0.500. The van der Waals surface area contributed by atoms with E-state index in [9.17, 15) is 10.1 Å². The van der Waals surface area contributed by atoms with E-state index >= 15 is 0 Å². The number of benzene rings is 1. The molecule has 0 spiro atoms. The number of nitrogens with one attached hydrogen (secondary N) is 1. The van der Waals surface area contributed by atoms with E-state index in [2.05, 4.69) is 11.4 Å². The number of hydrogen-bond acceptors (Lipinski definition) is 3. The average molecular weight is 272 g/mol. The van der Waals surface area contributed by atoms with Crippen LogP contribution in [0.4, 0.5) is 0 Å². The number of carbonyl (C=O) groups is 1. The minimum atomic E-state index is -0.923. The first-order valence-corrected chi connectivity index (χ1v) is 7.10. The molecule has 1 heterocycles. The van der Waals surface area contributed by atoms with E-state index in [1.807, 2.05) is 38.1 Å². The maximum atomic E-state index is 12.5. The molecule has 0 bridgehead atoms. The molecule has 1 unspecified atom stereocenters. The lowest BCUT2D eigenvalue weighted by Crippen LogP contribution is -2.42. The summed E-state index contributed by atoms with van der Waals surface area (Å²) in [4.78, 5) is 12.5. The highest BCUT2D eigenvalue weighted by atomic mass is 16.5. The van der Waals surface area contributed by atoms with Gasteiger partial charge in [0.05, 0.1) is 18.7 Å². The third-order valence-electron chi connectivity index (χ3n) is 4.12. The van der Waals surface area contributed by atoms with E-state index in [1.165, 1.54) is 0 Å². The smallest absolute Gasteiger partial charge is 0.240 e. The Morgan fingerprint density at radius 2 is 2.15 bits per heavy atom. The summed E-state index contributed by atoms with van der Waals surface area (Å²) in [5.74, 6) is 0.645. The highest BCUT2D eigenvalue weighted by molar-refractivity contribution is 5.85.